The van der Waals surface area contributed by atoms with Crippen molar-refractivity contribution >= 4 is 5.69 Å². The molecule has 1 aliphatic rings. The van der Waals surface area contributed by atoms with E-state index in [1.165, 1.54) is 6.07 Å². The number of nitro benzene ring substituents is 1. The maximum absolute atomic E-state index is 12.7. The van der Waals surface area contributed by atoms with Crippen molar-refractivity contribution in [2.75, 3.05) is 0 Å². The van der Waals surface area contributed by atoms with Gasteiger partial charge in [-0.2, -0.15) is 0 Å². The second kappa shape index (κ2) is 3.25. The lowest BCUT2D eigenvalue weighted by Crippen LogP contribution is -2.00. The van der Waals surface area contributed by atoms with Crippen molar-refractivity contribution in [2.45, 2.75) is 18.9 Å². The van der Waals surface area contributed by atoms with Crippen LogP contribution in [0.5, 0.6) is 5.75 Å². The van der Waals surface area contributed by atoms with E-state index in [1.54, 1.807) is 0 Å². The molecule has 1 aromatic rings. The predicted octanol–water partition coefficient (Wildman–Crippen LogP) is 2.28. The highest BCUT2D eigenvalue weighted by molar-refractivity contribution is 5.46. The van der Waals surface area contributed by atoms with E-state index in [-0.39, 0.29) is 17.5 Å². The first-order chi connectivity index (χ1) is 6.66. The van der Waals surface area contributed by atoms with Gasteiger partial charge in [-0.1, -0.05) is 0 Å². The molecule has 0 amide bonds. The molecule has 0 aromatic heterocycles. The molecular weight excluding hydrogens is 189 g/mol. The molecule has 0 unspecified atom stereocenters. The minimum absolute atomic E-state index is 0.0687. The Balaban J connectivity index is 2.31. The fourth-order valence-electron chi connectivity index (χ4n) is 1.10. The van der Waals surface area contributed by atoms with Gasteiger partial charge < -0.3 is 4.74 Å². The van der Waals surface area contributed by atoms with E-state index < -0.39 is 10.7 Å². The van der Waals surface area contributed by atoms with Gasteiger partial charge in [0.25, 0.3) is 0 Å². The first kappa shape index (κ1) is 8.93. The maximum Gasteiger partial charge on any atom is 0.313 e. The summed E-state index contributed by atoms with van der Waals surface area (Å²) in [6.07, 6.45) is 1.89. The zero-order chi connectivity index (χ0) is 10.1. The molecular formula is C9H8FNO3. The lowest BCUT2D eigenvalue weighted by Gasteiger charge is -2.04. The Morgan fingerprint density at radius 3 is 2.79 bits per heavy atom. The fraction of sp³-hybridized carbons (Fsp3) is 0.333. The smallest absolute Gasteiger partial charge is 0.313 e. The van der Waals surface area contributed by atoms with E-state index in [0.29, 0.717) is 0 Å². The molecule has 0 aliphatic heterocycles. The maximum atomic E-state index is 12.7. The summed E-state index contributed by atoms with van der Waals surface area (Å²) in [5.74, 6) is -0.473. The van der Waals surface area contributed by atoms with Gasteiger partial charge in [-0.25, -0.2) is 4.39 Å². The summed E-state index contributed by atoms with van der Waals surface area (Å²) in [7, 11) is 0. The van der Waals surface area contributed by atoms with Gasteiger partial charge in [0, 0.05) is 0 Å². The highest BCUT2D eigenvalue weighted by Gasteiger charge is 2.27. The van der Waals surface area contributed by atoms with Crippen molar-refractivity contribution in [2.24, 2.45) is 0 Å². The number of benzene rings is 1. The van der Waals surface area contributed by atoms with Gasteiger partial charge in [0.2, 0.25) is 0 Å². The zero-order valence-corrected chi connectivity index (χ0v) is 7.27. The molecule has 1 fully saturated rings. The molecule has 1 saturated carbocycles. The monoisotopic (exact) mass is 197 g/mol. The molecule has 74 valence electrons. The van der Waals surface area contributed by atoms with Crippen LogP contribution < -0.4 is 4.74 Å². The van der Waals surface area contributed by atoms with Crippen LogP contribution in [0.1, 0.15) is 12.8 Å². The van der Waals surface area contributed by atoms with Crippen molar-refractivity contribution in [1.82, 2.24) is 0 Å². The average Bonchev–Trinajstić information content (AvgIpc) is 2.91. The minimum atomic E-state index is -0.638. The second-order valence-electron chi connectivity index (χ2n) is 3.19. The normalized spacial score (nSPS) is 15.2. The number of hydrogen-bond acceptors (Lipinski definition) is 3. The summed E-state index contributed by atoms with van der Waals surface area (Å²) in [5.41, 5.74) is -0.308. The molecule has 0 heterocycles. The third kappa shape index (κ3) is 1.81. The van der Waals surface area contributed by atoms with E-state index >= 15 is 0 Å². The molecule has 1 aromatic carbocycles. The average molecular weight is 197 g/mol. The van der Waals surface area contributed by atoms with Crippen molar-refractivity contribution in [3.63, 3.8) is 0 Å². The first-order valence-corrected chi connectivity index (χ1v) is 4.27. The van der Waals surface area contributed by atoms with Crippen LogP contribution in [0.25, 0.3) is 0 Å². The van der Waals surface area contributed by atoms with Gasteiger partial charge in [-0.3, -0.25) is 10.1 Å². The lowest BCUT2D eigenvalue weighted by atomic mass is 10.3. The van der Waals surface area contributed by atoms with Crippen LogP contribution in [0.15, 0.2) is 18.2 Å². The van der Waals surface area contributed by atoms with Crippen LogP contribution in [0.4, 0.5) is 10.1 Å². The van der Waals surface area contributed by atoms with Crippen molar-refractivity contribution in [3.05, 3.63) is 34.1 Å². The molecule has 14 heavy (non-hydrogen) atoms. The summed E-state index contributed by atoms with van der Waals surface area (Å²) >= 11 is 0. The third-order valence-corrected chi connectivity index (χ3v) is 1.94. The number of rotatable bonds is 3. The van der Waals surface area contributed by atoms with Crippen molar-refractivity contribution < 1.29 is 14.1 Å². The molecule has 0 saturated heterocycles. The number of nitro groups is 1. The SMILES string of the molecule is O=[N+]([O-])c1cc(F)ccc1OC1CC1. The van der Waals surface area contributed by atoms with Crippen LogP contribution in [0.2, 0.25) is 0 Å². The fourth-order valence-corrected chi connectivity index (χ4v) is 1.10. The van der Waals surface area contributed by atoms with Gasteiger partial charge in [0.1, 0.15) is 5.82 Å². The van der Waals surface area contributed by atoms with Crippen LogP contribution in [-0.2, 0) is 0 Å². The van der Waals surface area contributed by atoms with E-state index in [0.717, 1.165) is 25.0 Å². The molecule has 1 aliphatic carbocycles. The van der Waals surface area contributed by atoms with Crippen LogP contribution in [0.3, 0.4) is 0 Å². The summed E-state index contributed by atoms with van der Waals surface area (Å²) in [6, 6.07) is 3.33. The predicted molar refractivity (Wildman–Crippen MR) is 46.7 cm³/mol. The number of halogens is 1. The molecule has 5 heteroatoms. The van der Waals surface area contributed by atoms with Crippen LogP contribution in [-0.4, -0.2) is 11.0 Å². The minimum Gasteiger partial charge on any atom is -0.483 e. The number of hydrogen-bond donors (Lipinski definition) is 0. The first-order valence-electron chi connectivity index (χ1n) is 4.27. The Hall–Kier alpha value is -1.65. The van der Waals surface area contributed by atoms with Gasteiger partial charge in [0.05, 0.1) is 17.1 Å². The standard InChI is InChI=1S/C9H8FNO3/c10-6-1-4-9(14-7-2-3-7)8(5-6)11(12)13/h1,4-5,7H,2-3H2. The molecule has 0 spiro atoms. The second-order valence-corrected chi connectivity index (χ2v) is 3.19. The van der Waals surface area contributed by atoms with Crippen molar-refractivity contribution in [3.8, 4) is 5.75 Å². The third-order valence-electron chi connectivity index (χ3n) is 1.94. The van der Waals surface area contributed by atoms with E-state index in [2.05, 4.69) is 0 Å². The van der Waals surface area contributed by atoms with E-state index in [1.807, 2.05) is 0 Å². The van der Waals surface area contributed by atoms with Crippen LogP contribution >= 0.6 is 0 Å². The Labute approximate surface area is 79.5 Å². The van der Waals surface area contributed by atoms with Crippen LogP contribution in [0, 0.1) is 15.9 Å². The van der Waals surface area contributed by atoms with E-state index in [9.17, 15) is 14.5 Å². The molecule has 0 bridgehead atoms. The van der Waals surface area contributed by atoms with E-state index in [4.69, 9.17) is 4.74 Å². The Kier molecular flexibility index (Phi) is 2.07. The van der Waals surface area contributed by atoms with Gasteiger partial charge in [0.15, 0.2) is 5.75 Å². The zero-order valence-electron chi connectivity index (χ0n) is 7.27. The quantitative estimate of drug-likeness (QED) is 0.551. The summed E-state index contributed by atoms with van der Waals surface area (Å²) in [6.45, 7) is 0. The Bertz CT molecular complexity index is 376. The van der Waals surface area contributed by atoms with Gasteiger partial charge >= 0.3 is 5.69 Å². The van der Waals surface area contributed by atoms with Gasteiger partial charge in [-0.15, -0.1) is 0 Å². The summed E-state index contributed by atoms with van der Waals surface area (Å²) in [4.78, 5) is 9.90. The molecule has 0 atom stereocenters. The highest BCUT2D eigenvalue weighted by Crippen LogP contribution is 2.33. The molecule has 0 radical (unpaired) electrons. The topological polar surface area (TPSA) is 52.4 Å². The number of ether oxygens (including phenoxy) is 1. The van der Waals surface area contributed by atoms with Crippen molar-refractivity contribution in [1.29, 1.82) is 0 Å². The lowest BCUT2D eigenvalue weighted by molar-refractivity contribution is -0.386. The summed E-state index contributed by atoms with van der Waals surface area (Å²) in [5, 5.41) is 10.5. The molecule has 2 rings (SSSR count). The van der Waals surface area contributed by atoms with Gasteiger partial charge in [-0.05, 0) is 25.0 Å². The Morgan fingerprint density at radius 1 is 1.50 bits per heavy atom. The Morgan fingerprint density at radius 2 is 2.21 bits per heavy atom. The molecule has 4 nitrogen and oxygen atoms in total. The largest absolute Gasteiger partial charge is 0.483 e. The molecule has 0 N–H and O–H groups in total. The summed E-state index contributed by atoms with van der Waals surface area (Å²) < 4.78 is 18.0. The number of nitrogens with zero attached hydrogens (tertiary/aromatic N) is 1. The highest BCUT2D eigenvalue weighted by atomic mass is 19.1.